The maximum atomic E-state index is 12.2. The Balaban J connectivity index is 1.76. The molecule has 1 amide bonds. The first-order valence-electron chi connectivity index (χ1n) is 9.23. The van der Waals surface area contributed by atoms with Crippen LogP contribution in [0.1, 0.15) is 45.1 Å². The highest BCUT2D eigenvalue weighted by Crippen LogP contribution is 2.22. The predicted molar refractivity (Wildman–Crippen MR) is 104 cm³/mol. The molecule has 1 unspecified atom stereocenters. The Morgan fingerprint density at radius 3 is 2.74 bits per heavy atom. The fourth-order valence-electron chi connectivity index (χ4n) is 2.94. The van der Waals surface area contributed by atoms with Crippen LogP contribution >= 0.6 is 0 Å². The Bertz CT molecular complexity index is 843. The van der Waals surface area contributed by atoms with Crippen molar-refractivity contribution in [2.24, 2.45) is 10.9 Å². The van der Waals surface area contributed by atoms with E-state index in [0.717, 1.165) is 19.3 Å². The lowest BCUT2D eigenvalue weighted by atomic mass is 10.1. The van der Waals surface area contributed by atoms with Crippen molar-refractivity contribution in [3.63, 3.8) is 0 Å². The number of sulfonamides is 1. The highest BCUT2D eigenvalue weighted by Gasteiger charge is 2.29. The van der Waals surface area contributed by atoms with Crippen molar-refractivity contribution >= 4 is 21.8 Å². The van der Waals surface area contributed by atoms with Crippen LogP contribution < -0.4 is 4.72 Å². The van der Waals surface area contributed by atoms with Crippen molar-refractivity contribution in [2.45, 2.75) is 44.4 Å². The van der Waals surface area contributed by atoms with E-state index >= 15 is 0 Å². The first kappa shape index (κ1) is 20.9. The standard InChI is InChI=1S/C19H26N4O3S/c1-3-23(14-15(2)13-20)18(24)11-5-4-8-12-21-19-16-9-6-7-10-17(16)27(25,26)22-19/h6-7,9-10,15H,3-5,8,11-12,14H2,1-2H3,(H,21,22). The predicted octanol–water partition coefficient (Wildman–Crippen LogP) is 2.29. The van der Waals surface area contributed by atoms with E-state index < -0.39 is 10.0 Å². The van der Waals surface area contributed by atoms with Crippen LogP contribution in [-0.4, -0.2) is 44.7 Å². The molecule has 0 saturated carbocycles. The van der Waals surface area contributed by atoms with Gasteiger partial charge in [-0.2, -0.15) is 5.26 Å². The van der Waals surface area contributed by atoms with Gasteiger partial charge < -0.3 is 4.90 Å². The molecule has 0 spiro atoms. The number of nitriles is 1. The van der Waals surface area contributed by atoms with Crippen LogP contribution in [0.15, 0.2) is 34.2 Å². The molecule has 0 aromatic heterocycles. The van der Waals surface area contributed by atoms with Gasteiger partial charge in [0.25, 0.3) is 10.0 Å². The van der Waals surface area contributed by atoms with Gasteiger partial charge >= 0.3 is 0 Å². The number of unbranched alkanes of at least 4 members (excludes halogenated alkanes) is 2. The Morgan fingerprint density at radius 2 is 2.04 bits per heavy atom. The van der Waals surface area contributed by atoms with Crippen LogP contribution in [0.5, 0.6) is 0 Å². The molecule has 0 bridgehead atoms. The maximum absolute atomic E-state index is 12.2. The average molecular weight is 391 g/mol. The monoisotopic (exact) mass is 390 g/mol. The lowest BCUT2D eigenvalue weighted by Gasteiger charge is -2.21. The Morgan fingerprint density at radius 1 is 1.30 bits per heavy atom. The largest absolute Gasteiger partial charge is 0.342 e. The molecule has 27 heavy (non-hydrogen) atoms. The van der Waals surface area contributed by atoms with Gasteiger partial charge in [-0.15, -0.1) is 0 Å². The molecule has 1 atom stereocenters. The minimum atomic E-state index is -3.49. The number of rotatable bonds is 9. The smallest absolute Gasteiger partial charge is 0.263 e. The molecular formula is C19H26N4O3S. The average Bonchev–Trinajstić information content (AvgIpc) is 2.92. The van der Waals surface area contributed by atoms with Crippen LogP contribution in [0.25, 0.3) is 0 Å². The van der Waals surface area contributed by atoms with Gasteiger partial charge in [0.2, 0.25) is 5.91 Å². The van der Waals surface area contributed by atoms with E-state index in [1.807, 2.05) is 13.8 Å². The third-order valence-electron chi connectivity index (χ3n) is 4.43. The quantitative estimate of drug-likeness (QED) is 0.653. The topological polar surface area (TPSA) is 103 Å². The zero-order chi connectivity index (χ0) is 19.9. The Labute approximate surface area is 161 Å². The van der Waals surface area contributed by atoms with Gasteiger partial charge in [0.15, 0.2) is 0 Å². The molecule has 0 fully saturated rings. The molecule has 146 valence electrons. The summed E-state index contributed by atoms with van der Waals surface area (Å²) in [6, 6.07) is 8.94. The van der Waals surface area contributed by atoms with Crippen molar-refractivity contribution in [3.05, 3.63) is 29.8 Å². The maximum Gasteiger partial charge on any atom is 0.263 e. The number of carbonyl (C=O) groups is 1. The highest BCUT2D eigenvalue weighted by molar-refractivity contribution is 7.90. The zero-order valence-electron chi connectivity index (χ0n) is 15.8. The summed E-state index contributed by atoms with van der Waals surface area (Å²) in [6.45, 7) is 5.31. The minimum absolute atomic E-state index is 0.0726. The number of amides is 1. The van der Waals surface area contributed by atoms with E-state index in [9.17, 15) is 13.2 Å². The van der Waals surface area contributed by atoms with E-state index in [0.29, 0.717) is 37.5 Å². The van der Waals surface area contributed by atoms with Crippen LogP contribution in [0.2, 0.25) is 0 Å². The molecule has 8 heteroatoms. The third-order valence-corrected chi connectivity index (χ3v) is 5.83. The summed E-state index contributed by atoms with van der Waals surface area (Å²) in [5.74, 6) is 0.301. The van der Waals surface area contributed by atoms with Crippen molar-refractivity contribution in [2.75, 3.05) is 19.6 Å². The fourth-order valence-corrected chi connectivity index (χ4v) is 4.19. The molecule has 0 saturated heterocycles. The van der Waals surface area contributed by atoms with E-state index in [1.54, 1.807) is 29.2 Å². The van der Waals surface area contributed by atoms with Gasteiger partial charge in [-0.1, -0.05) is 18.6 Å². The molecule has 0 radical (unpaired) electrons. The van der Waals surface area contributed by atoms with Crippen molar-refractivity contribution in [3.8, 4) is 6.07 Å². The fraction of sp³-hybridized carbons (Fsp3) is 0.526. The first-order chi connectivity index (χ1) is 12.9. The third kappa shape index (κ3) is 5.54. The molecule has 2 rings (SSSR count). The number of fused-ring (bicyclic) bond motifs is 1. The lowest BCUT2D eigenvalue weighted by Crippen LogP contribution is -2.34. The van der Waals surface area contributed by atoms with E-state index in [1.165, 1.54) is 0 Å². The molecule has 0 aliphatic carbocycles. The van der Waals surface area contributed by atoms with Crippen molar-refractivity contribution < 1.29 is 13.2 Å². The van der Waals surface area contributed by atoms with Gasteiger partial charge in [-0.25, -0.2) is 8.42 Å². The number of carbonyl (C=O) groups excluding carboxylic acids is 1. The summed E-state index contributed by atoms with van der Waals surface area (Å²) in [4.78, 5) is 18.5. The number of amidine groups is 1. The minimum Gasteiger partial charge on any atom is -0.342 e. The zero-order valence-corrected chi connectivity index (χ0v) is 16.6. The number of nitrogens with zero attached hydrogens (tertiary/aromatic N) is 3. The van der Waals surface area contributed by atoms with Gasteiger partial charge in [0.1, 0.15) is 5.84 Å². The molecule has 1 aliphatic heterocycles. The SMILES string of the molecule is CCN(CC(C)C#N)C(=O)CCCCCN=C1NS(=O)(=O)c2ccccc21. The number of hydrogen-bond donors (Lipinski definition) is 1. The molecule has 1 aromatic carbocycles. The number of nitrogens with one attached hydrogen (secondary N) is 1. The second-order valence-corrected chi connectivity index (χ2v) is 8.26. The molecule has 1 N–H and O–H groups in total. The van der Waals surface area contributed by atoms with Crippen LogP contribution in [0.3, 0.4) is 0 Å². The summed E-state index contributed by atoms with van der Waals surface area (Å²) >= 11 is 0. The summed E-state index contributed by atoms with van der Waals surface area (Å²) < 4.78 is 26.5. The van der Waals surface area contributed by atoms with Crippen LogP contribution in [-0.2, 0) is 14.8 Å². The van der Waals surface area contributed by atoms with Gasteiger partial charge in [0.05, 0.1) is 16.9 Å². The number of benzene rings is 1. The molecule has 1 heterocycles. The van der Waals surface area contributed by atoms with Crippen LogP contribution in [0, 0.1) is 17.2 Å². The van der Waals surface area contributed by atoms with E-state index in [4.69, 9.17) is 5.26 Å². The molecule has 1 aromatic rings. The van der Waals surface area contributed by atoms with Gasteiger partial charge in [-0.3, -0.25) is 14.5 Å². The van der Waals surface area contributed by atoms with Crippen molar-refractivity contribution in [1.29, 1.82) is 5.26 Å². The Kier molecular flexibility index (Phi) is 7.36. The van der Waals surface area contributed by atoms with Crippen LogP contribution in [0.4, 0.5) is 0 Å². The number of hydrogen-bond acceptors (Lipinski definition) is 5. The second-order valence-electron chi connectivity index (χ2n) is 6.61. The summed E-state index contributed by atoms with van der Waals surface area (Å²) in [5, 5.41) is 8.87. The summed E-state index contributed by atoms with van der Waals surface area (Å²) in [5.41, 5.74) is 0.609. The normalized spacial score (nSPS) is 17.0. The van der Waals surface area contributed by atoms with Gasteiger partial charge in [-0.05, 0) is 38.8 Å². The molecule has 1 aliphatic rings. The first-order valence-corrected chi connectivity index (χ1v) is 10.7. The second kappa shape index (κ2) is 9.51. The highest BCUT2D eigenvalue weighted by atomic mass is 32.2. The van der Waals surface area contributed by atoms with Crippen molar-refractivity contribution in [1.82, 2.24) is 9.62 Å². The molecule has 7 nitrogen and oxygen atoms in total. The van der Waals surface area contributed by atoms with E-state index in [-0.39, 0.29) is 16.7 Å². The summed E-state index contributed by atoms with van der Waals surface area (Å²) in [6.07, 6.45) is 2.82. The Hall–Kier alpha value is -2.40. The van der Waals surface area contributed by atoms with E-state index in [2.05, 4.69) is 15.8 Å². The summed E-state index contributed by atoms with van der Waals surface area (Å²) in [7, 11) is -3.49. The number of aliphatic imine (C=N–C) groups is 1. The molecular weight excluding hydrogens is 364 g/mol. The van der Waals surface area contributed by atoms with Gasteiger partial charge in [0, 0.05) is 31.6 Å². The lowest BCUT2D eigenvalue weighted by molar-refractivity contribution is -0.131.